The van der Waals surface area contributed by atoms with Crippen molar-refractivity contribution >= 4 is 11.0 Å². The molecule has 0 bridgehead atoms. The van der Waals surface area contributed by atoms with E-state index in [9.17, 15) is 0 Å². The van der Waals surface area contributed by atoms with Gasteiger partial charge in [0.1, 0.15) is 11.3 Å². The number of nitrogens with one attached hydrogen (secondary N) is 1. The topological polar surface area (TPSA) is 25.2 Å². The van der Waals surface area contributed by atoms with Crippen molar-refractivity contribution in [1.82, 2.24) is 5.32 Å². The van der Waals surface area contributed by atoms with Gasteiger partial charge in [0, 0.05) is 11.4 Å². The fourth-order valence-electron chi connectivity index (χ4n) is 2.22. The van der Waals surface area contributed by atoms with Gasteiger partial charge in [0.25, 0.3) is 0 Å². The molecule has 0 saturated carbocycles. The van der Waals surface area contributed by atoms with Gasteiger partial charge in [-0.3, -0.25) is 0 Å². The molecule has 1 N–H and O–H groups in total. The maximum absolute atomic E-state index is 5.98. The Morgan fingerprint density at radius 2 is 1.89 bits per heavy atom. The highest BCUT2D eigenvalue weighted by Gasteiger charge is 2.12. The van der Waals surface area contributed by atoms with Crippen molar-refractivity contribution in [3.63, 3.8) is 0 Å². The second-order valence-corrected chi connectivity index (χ2v) is 5.62. The lowest BCUT2D eigenvalue weighted by molar-refractivity contribution is 0.487. The van der Waals surface area contributed by atoms with Gasteiger partial charge in [0.05, 0.1) is 6.54 Å². The summed E-state index contributed by atoms with van der Waals surface area (Å²) in [6.45, 7) is 11.6. The summed E-state index contributed by atoms with van der Waals surface area (Å²) in [5, 5.41) is 4.67. The Labute approximate surface area is 109 Å². The van der Waals surface area contributed by atoms with Crippen molar-refractivity contribution in [2.75, 3.05) is 0 Å². The van der Waals surface area contributed by atoms with E-state index in [1.807, 2.05) is 0 Å². The van der Waals surface area contributed by atoms with Crippen LogP contribution in [0, 0.1) is 6.92 Å². The van der Waals surface area contributed by atoms with Crippen LogP contribution in [0.1, 0.15) is 50.5 Å². The minimum Gasteiger partial charge on any atom is -0.459 e. The summed E-state index contributed by atoms with van der Waals surface area (Å²) in [6.07, 6.45) is 0. The molecule has 0 amide bonds. The van der Waals surface area contributed by atoms with Gasteiger partial charge < -0.3 is 9.73 Å². The third-order valence-electron chi connectivity index (χ3n) is 3.27. The number of rotatable bonds is 4. The normalized spacial score (nSPS) is 11.9. The number of fused-ring (bicyclic) bond motifs is 1. The van der Waals surface area contributed by atoms with Gasteiger partial charge in [-0.05, 0) is 30.0 Å². The Balaban J connectivity index is 2.42. The van der Waals surface area contributed by atoms with Crippen LogP contribution in [0.4, 0.5) is 0 Å². The fourth-order valence-corrected chi connectivity index (χ4v) is 2.22. The van der Waals surface area contributed by atoms with Crippen LogP contribution in [0.2, 0.25) is 0 Å². The lowest BCUT2D eigenvalue weighted by atomic mass is 9.97. The SMILES string of the molecule is Cc1ccc(C(C)C)c2cc(CNC(C)C)oc12. The van der Waals surface area contributed by atoms with Crippen molar-refractivity contribution < 1.29 is 4.42 Å². The lowest BCUT2D eigenvalue weighted by Gasteiger charge is -2.07. The van der Waals surface area contributed by atoms with Crippen molar-refractivity contribution in [3.8, 4) is 0 Å². The molecule has 0 aliphatic carbocycles. The van der Waals surface area contributed by atoms with Crippen LogP contribution in [0.3, 0.4) is 0 Å². The molecule has 98 valence electrons. The van der Waals surface area contributed by atoms with E-state index in [0.29, 0.717) is 12.0 Å². The molecular weight excluding hydrogens is 222 g/mol. The molecule has 0 spiro atoms. The largest absolute Gasteiger partial charge is 0.459 e. The van der Waals surface area contributed by atoms with Gasteiger partial charge in [-0.25, -0.2) is 0 Å². The van der Waals surface area contributed by atoms with Gasteiger partial charge in [0.2, 0.25) is 0 Å². The van der Waals surface area contributed by atoms with E-state index in [4.69, 9.17) is 4.42 Å². The van der Waals surface area contributed by atoms with E-state index in [2.05, 4.69) is 58.1 Å². The number of hydrogen-bond donors (Lipinski definition) is 1. The van der Waals surface area contributed by atoms with E-state index in [1.165, 1.54) is 16.5 Å². The van der Waals surface area contributed by atoms with Crippen LogP contribution >= 0.6 is 0 Å². The molecule has 0 saturated heterocycles. The Kier molecular flexibility index (Phi) is 3.76. The molecule has 0 unspecified atom stereocenters. The molecular formula is C16H23NO. The molecule has 1 heterocycles. The van der Waals surface area contributed by atoms with Crippen molar-refractivity contribution in [1.29, 1.82) is 0 Å². The molecule has 0 radical (unpaired) electrons. The number of aryl methyl sites for hydroxylation is 1. The zero-order chi connectivity index (χ0) is 13.3. The number of hydrogen-bond acceptors (Lipinski definition) is 2. The van der Waals surface area contributed by atoms with Crippen LogP contribution in [-0.4, -0.2) is 6.04 Å². The van der Waals surface area contributed by atoms with Crippen LogP contribution in [0.5, 0.6) is 0 Å². The van der Waals surface area contributed by atoms with Gasteiger partial charge >= 0.3 is 0 Å². The molecule has 2 aromatic rings. The molecule has 2 rings (SSSR count). The third kappa shape index (κ3) is 2.59. The van der Waals surface area contributed by atoms with Crippen LogP contribution in [-0.2, 0) is 6.54 Å². The molecule has 0 atom stereocenters. The first-order valence-electron chi connectivity index (χ1n) is 6.74. The quantitative estimate of drug-likeness (QED) is 0.865. The Hall–Kier alpha value is -1.28. The summed E-state index contributed by atoms with van der Waals surface area (Å²) in [4.78, 5) is 0. The van der Waals surface area contributed by atoms with E-state index in [1.54, 1.807) is 0 Å². The van der Waals surface area contributed by atoms with Crippen molar-refractivity contribution in [2.24, 2.45) is 0 Å². The summed E-state index contributed by atoms with van der Waals surface area (Å²) in [6, 6.07) is 7.04. The van der Waals surface area contributed by atoms with Crippen molar-refractivity contribution in [3.05, 3.63) is 35.1 Å². The first-order chi connectivity index (χ1) is 8.49. The standard InChI is InChI=1S/C16H23NO/c1-10(2)14-7-6-12(5)16-15(14)8-13(18-16)9-17-11(3)4/h6-8,10-11,17H,9H2,1-5H3. The second-order valence-electron chi connectivity index (χ2n) is 5.62. The molecule has 2 nitrogen and oxygen atoms in total. The molecule has 2 heteroatoms. The van der Waals surface area contributed by atoms with Gasteiger partial charge in [0.15, 0.2) is 0 Å². The summed E-state index contributed by atoms with van der Waals surface area (Å²) in [5.41, 5.74) is 3.63. The Morgan fingerprint density at radius 1 is 1.17 bits per heavy atom. The summed E-state index contributed by atoms with van der Waals surface area (Å²) in [5.74, 6) is 1.55. The highest BCUT2D eigenvalue weighted by atomic mass is 16.3. The summed E-state index contributed by atoms with van der Waals surface area (Å²) < 4.78 is 5.98. The smallest absolute Gasteiger partial charge is 0.137 e. The first-order valence-corrected chi connectivity index (χ1v) is 6.74. The average Bonchev–Trinajstić information content (AvgIpc) is 2.71. The molecule has 1 aromatic heterocycles. The first kappa shape index (κ1) is 13.2. The average molecular weight is 245 g/mol. The molecule has 18 heavy (non-hydrogen) atoms. The van der Waals surface area contributed by atoms with Crippen LogP contribution in [0.15, 0.2) is 22.6 Å². The second kappa shape index (κ2) is 5.15. The third-order valence-corrected chi connectivity index (χ3v) is 3.27. The molecule has 0 fully saturated rings. The highest BCUT2D eigenvalue weighted by Crippen LogP contribution is 2.30. The monoisotopic (exact) mass is 245 g/mol. The lowest BCUT2D eigenvalue weighted by Crippen LogP contribution is -2.21. The Bertz CT molecular complexity index is 537. The zero-order valence-electron chi connectivity index (χ0n) is 12.0. The number of benzene rings is 1. The van der Waals surface area contributed by atoms with E-state index >= 15 is 0 Å². The van der Waals surface area contributed by atoms with E-state index in [-0.39, 0.29) is 0 Å². The maximum atomic E-state index is 5.98. The zero-order valence-corrected chi connectivity index (χ0v) is 12.0. The fraction of sp³-hybridized carbons (Fsp3) is 0.500. The van der Waals surface area contributed by atoms with E-state index in [0.717, 1.165) is 17.9 Å². The van der Waals surface area contributed by atoms with Gasteiger partial charge in [-0.1, -0.05) is 39.8 Å². The minimum absolute atomic E-state index is 0.476. The summed E-state index contributed by atoms with van der Waals surface area (Å²) in [7, 11) is 0. The van der Waals surface area contributed by atoms with Crippen LogP contribution in [0.25, 0.3) is 11.0 Å². The van der Waals surface area contributed by atoms with Crippen molar-refractivity contribution in [2.45, 2.75) is 53.1 Å². The Morgan fingerprint density at radius 3 is 2.50 bits per heavy atom. The van der Waals surface area contributed by atoms with Crippen LogP contribution < -0.4 is 5.32 Å². The van der Waals surface area contributed by atoms with E-state index < -0.39 is 0 Å². The van der Waals surface area contributed by atoms with Gasteiger partial charge in [-0.15, -0.1) is 0 Å². The minimum atomic E-state index is 0.476. The maximum Gasteiger partial charge on any atom is 0.137 e. The molecule has 0 aliphatic heterocycles. The molecule has 1 aromatic carbocycles. The number of furan rings is 1. The predicted molar refractivity (Wildman–Crippen MR) is 77.0 cm³/mol. The molecule has 0 aliphatic rings. The van der Waals surface area contributed by atoms with Gasteiger partial charge in [-0.2, -0.15) is 0 Å². The summed E-state index contributed by atoms with van der Waals surface area (Å²) >= 11 is 0. The predicted octanol–water partition coefficient (Wildman–Crippen LogP) is 4.36. The highest BCUT2D eigenvalue weighted by molar-refractivity contribution is 5.85.